The van der Waals surface area contributed by atoms with Crippen molar-refractivity contribution >= 4 is 23.3 Å². The molecule has 0 spiro atoms. The van der Waals surface area contributed by atoms with Crippen molar-refractivity contribution in [2.45, 2.75) is 26.8 Å². The van der Waals surface area contributed by atoms with Gasteiger partial charge in [-0.05, 0) is 26.8 Å². The minimum absolute atomic E-state index is 0.0970. The van der Waals surface area contributed by atoms with Crippen LogP contribution in [0.5, 0.6) is 0 Å². The molecule has 4 nitrogen and oxygen atoms in total. The number of pyridine rings is 1. The summed E-state index contributed by atoms with van der Waals surface area (Å²) in [6.07, 6.45) is 1.52. The summed E-state index contributed by atoms with van der Waals surface area (Å²) in [5, 5.41) is 6.24. The van der Waals surface area contributed by atoms with Gasteiger partial charge in [0.25, 0.3) is 5.91 Å². The smallest absolute Gasteiger partial charge is 0.253 e. The monoisotopic (exact) mass is 241 g/mol. The summed E-state index contributed by atoms with van der Waals surface area (Å²) in [5.74, 6) is 0.442. The lowest BCUT2D eigenvalue weighted by molar-refractivity contribution is 0.0943. The summed E-state index contributed by atoms with van der Waals surface area (Å²) in [6.45, 7) is 6.50. The molecule has 2 N–H and O–H groups in total. The molecule has 1 heterocycles. The molecule has 1 rings (SSSR count). The van der Waals surface area contributed by atoms with E-state index in [1.54, 1.807) is 6.07 Å². The van der Waals surface area contributed by atoms with Crippen LogP contribution in [0.1, 0.15) is 31.1 Å². The maximum Gasteiger partial charge on any atom is 0.253 e. The van der Waals surface area contributed by atoms with Crippen LogP contribution >= 0.6 is 11.6 Å². The van der Waals surface area contributed by atoms with Crippen molar-refractivity contribution in [2.24, 2.45) is 0 Å². The third-order valence-electron chi connectivity index (χ3n) is 1.87. The summed E-state index contributed by atoms with van der Waals surface area (Å²) < 4.78 is 0. The molecule has 0 unspecified atom stereocenters. The Labute approximate surface area is 100 Å². The van der Waals surface area contributed by atoms with Gasteiger partial charge < -0.3 is 10.6 Å². The summed E-state index contributed by atoms with van der Waals surface area (Å²) in [4.78, 5) is 15.7. The number of hydrogen-bond donors (Lipinski definition) is 2. The predicted molar refractivity (Wildman–Crippen MR) is 66.0 cm³/mol. The van der Waals surface area contributed by atoms with Crippen molar-refractivity contribution in [3.63, 3.8) is 0 Å². The SMILES string of the molecule is CCNc1ncc(C(=O)NC(C)C)cc1Cl. The van der Waals surface area contributed by atoms with Crippen LogP contribution in [0.25, 0.3) is 0 Å². The Morgan fingerprint density at radius 2 is 2.25 bits per heavy atom. The molecule has 1 amide bonds. The molecule has 16 heavy (non-hydrogen) atoms. The van der Waals surface area contributed by atoms with Gasteiger partial charge in [-0.2, -0.15) is 0 Å². The highest BCUT2D eigenvalue weighted by atomic mass is 35.5. The van der Waals surface area contributed by atoms with E-state index in [-0.39, 0.29) is 11.9 Å². The number of aromatic nitrogens is 1. The normalized spacial score (nSPS) is 10.3. The van der Waals surface area contributed by atoms with Crippen molar-refractivity contribution in [1.29, 1.82) is 0 Å². The van der Waals surface area contributed by atoms with E-state index in [2.05, 4.69) is 15.6 Å². The fourth-order valence-corrected chi connectivity index (χ4v) is 1.44. The van der Waals surface area contributed by atoms with Crippen molar-refractivity contribution in [3.8, 4) is 0 Å². The Kier molecular flexibility index (Phi) is 4.55. The molecule has 0 saturated heterocycles. The topological polar surface area (TPSA) is 54.0 Å². The van der Waals surface area contributed by atoms with Crippen molar-refractivity contribution in [3.05, 3.63) is 22.8 Å². The number of rotatable bonds is 4. The van der Waals surface area contributed by atoms with Gasteiger partial charge in [-0.15, -0.1) is 0 Å². The second-order valence-corrected chi connectivity index (χ2v) is 4.12. The van der Waals surface area contributed by atoms with E-state index in [4.69, 9.17) is 11.6 Å². The Morgan fingerprint density at radius 3 is 2.75 bits per heavy atom. The summed E-state index contributed by atoms with van der Waals surface area (Å²) in [5.41, 5.74) is 0.473. The Morgan fingerprint density at radius 1 is 1.56 bits per heavy atom. The second kappa shape index (κ2) is 5.70. The number of hydrogen-bond acceptors (Lipinski definition) is 3. The molecule has 1 aromatic heterocycles. The molecule has 88 valence electrons. The molecular weight excluding hydrogens is 226 g/mol. The van der Waals surface area contributed by atoms with Gasteiger partial charge in [-0.1, -0.05) is 11.6 Å². The summed E-state index contributed by atoms with van der Waals surface area (Å²) in [6, 6.07) is 1.71. The largest absolute Gasteiger partial charge is 0.369 e. The zero-order valence-corrected chi connectivity index (χ0v) is 10.4. The van der Waals surface area contributed by atoms with Gasteiger partial charge in [0, 0.05) is 18.8 Å². The first-order chi connectivity index (χ1) is 7.54. The van der Waals surface area contributed by atoms with Gasteiger partial charge >= 0.3 is 0 Å². The zero-order valence-electron chi connectivity index (χ0n) is 9.67. The van der Waals surface area contributed by atoms with Crippen LogP contribution in [0.2, 0.25) is 5.02 Å². The van der Waals surface area contributed by atoms with Gasteiger partial charge in [0.15, 0.2) is 0 Å². The van der Waals surface area contributed by atoms with Gasteiger partial charge in [0.05, 0.1) is 10.6 Å². The van der Waals surface area contributed by atoms with Crippen molar-refractivity contribution in [2.75, 3.05) is 11.9 Å². The van der Waals surface area contributed by atoms with Gasteiger partial charge in [-0.3, -0.25) is 4.79 Å². The highest BCUT2D eigenvalue weighted by Gasteiger charge is 2.10. The van der Waals surface area contributed by atoms with E-state index in [9.17, 15) is 4.79 Å². The first-order valence-corrected chi connectivity index (χ1v) is 5.62. The standard InChI is InChI=1S/C11H16ClN3O/c1-4-13-10-9(12)5-8(6-14-10)11(16)15-7(2)3/h5-7H,4H2,1-3H3,(H,13,14)(H,15,16). The van der Waals surface area contributed by atoms with E-state index in [1.807, 2.05) is 20.8 Å². The fourth-order valence-electron chi connectivity index (χ4n) is 1.21. The number of anilines is 1. The van der Waals surface area contributed by atoms with E-state index in [0.29, 0.717) is 16.4 Å². The van der Waals surface area contributed by atoms with Crippen LogP contribution in [0.4, 0.5) is 5.82 Å². The molecule has 0 aliphatic carbocycles. The fraction of sp³-hybridized carbons (Fsp3) is 0.455. The lowest BCUT2D eigenvalue weighted by Gasteiger charge is -2.09. The molecular formula is C11H16ClN3O. The van der Waals surface area contributed by atoms with Gasteiger partial charge in [0.2, 0.25) is 0 Å². The highest BCUT2D eigenvalue weighted by molar-refractivity contribution is 6.33. The highest BCUT2D eigenvalue weighted by Crippen LogP contribution is 2.19. The van der Waals surface area contributed by atoms with Crippen LogP contribution in [-0.4, -0.2) is 23.5 Å². The Bertz CT molecular complexity index is 379. The van der Waals surface area contributed by atoms with Gasteiger partial charge in [0.1, 0.15) is 5.82 Å². The third kappa shape index (κ3) is 3.38. The molecule has 1 aromatic rings. The van der Waals surface area contributed by atoms with Gasteiger partial charge in [-0.25, -0.2) is 4.98 Å². The van der Waals surface area contributed by atoms with E-state index in [1.165, 1.54) is 6.20 Å². The van der Waals surface area contributed by atoms with E-state index >= 15 is 0 Å². The minimum atomic E-state index is -0.160. The number of carbonyl (C=O) groups excluding carboxylic acids is 1. The lowest BCUT2D eigenvalue weighted by Crippen LogP contribution is -2.30. The Balaban J connectivity index is 2.84. The minimum Gasteiger partial charge on any atom is -0.369 e. The quantitative estimate of drug-likeness (QED) is 0.851. The number of carbonyl (C=O) groups is 1. The molecule has 0 aromatic carbocycles. The molecule has 0 saturated carbocycles. The average molecular weight is 242 g/mol. The molecule has 0 aliphatic heterocycles. The number of amides is 1. The molecule has 0 radical (unpaired) electrons. The maximum atomic E-state index is 11.6. The predicted octanol–water partition coefficient (Wildman–Crippen LogP) is 2.31. The van der Waals surface area contributed by atoms with Crippen LogP contribution in [0, 0.1) is 0 Å². The molecule has 0 fully saturated rings. The zero-order chi connectivity index (χ0) is 12.1. The van der Waals surface area contributed by atoms with E-state index in [0.717, 1.165) is 6.54 Å². The van der Waals surface area contributed by atoms with E-state index < -0.39 is 0 Å². The van der Waals surface area contributed by atoms with Crippen LogP contribution in [0.3, 0.4) is 0 Å². The molecule has 0 atom stereocenters. The van der Waals surface area contributed by atoms with Crippen molar-refractivity contribution in [1.82, 2.24) is 10.3 Å². The lowest BCUT2D eigenvalue weighted by atomic mass is 10.2. The number of nitrogens with zero attached hydrogens (tertiary/aromatic N) is 1. The summed E-state index contributed by atoms with van der Waals surface area (Å²) in [7, 11) is 0. The Hall–Kier alpha value is -1.29. The van der Waals surface area contributed by atoms with Crippen molar-refractivity contribution < 1.29 is 4.79 Å². The van der Waals surface area contributed by atoms with Crippen LogP contribution < -0.4 is 10.6 Å². The molecule has 0 bridgehead atoms. The molecule has 5 heteroatoms. The number of halogens is 1. The molecule has 0 aliphatic rings. The first kappa shape index (κ1) is 12.8. The van der Waals surface area contributed by atoms with Crippen LogP contribution in [-0.2, 0) is 0 Å². The summed E-state index contributed by atoms with van der Waals surface area (Å²) >= 11 is 5.98. The average Bonchev–Trinajstić information content (AvgIpc) is 2.20. The van der Waals surface area contributed by atoms with Crippen LogP contribution in [0.15, 0.2) is 12.3 Å². The second-order valence-electron chi connectivity index (χ2n) is 3.71. The maximum absolute atomic E-state index is 11.6. The third-order valence-corrected chi connectivity index (χ3v) is 2.16. The number of nitrogens with one attached hydrogen (secondary N) is 2. The first-order valence-electron chi connectivity index (χ1n) is 5.24.